The molecule has 2 atom stereocenters. The molecule has 1 heterocycles. The molecule has 2 aromatic carbocycles. The molecular formula is C19H19NO. The third-order valence-electron chi connectivity index (χ3n) is 4.88. The summed E-state index contributed by atoms with van der Waals surface area (Å²) in [4.78, 5) is 14.7. The molecule has 2 aliphatic rings. The minimum Gasteiger partial charge on any atom is -0.364 e. The van der Waals surface area contributed by atoms with Gasteiger partial charge in [0.15, 0.2) is 0 Å². The van der Waals surface area contributed by atoms with Crippen molar-refractivity contribution >= 4 is 11.5 Å². The monoisotopic (exact) mass is 277 g/mol. The average Bonchev–Trinajstić information content (AvgIpc) is 2.54. The van der Waals surface area contributed by atoms with Crippen LogP contribution in [0.3, 0.4) is 0 Å². The molecule has 2 bridgehead atoms. The summed E-state index contributed by atoms with van der Waals surface area (Å²) in [6.07, 6.45) is 2.72. The van der Waals surface area contributed by atoms with Gasteiger partial charge in [-0.3, -0.25) is 4.79 Å². The van der Waals surface area contributed by atoms with Gasteiger partial charge < -0.3 is 4.90 Å². The van der Waals surface area contributed by atoms with Gasteiger partial charge in [0.2, 0.25) is 0 Å². The fraction of sp³-hybridized carbons (Fsp3) is 0.316. The van der Waals surface area contributed by atoms with Gasteiger partial charge in [-0.05, 0) is 30.0 Å². The molecule has 106 valence electrons. The second-order valence-corrected chi connectivity index (χ2v) is 6.12. The molecule has 0 N–H and O–H groups in total. The van der Waals surface area contributed by atoms with Crippen molar-refractivity contribution in [2.75, 3.05) is 4.90 Å². The molecule has 2 nitrogen and oxygen atoms in total. The van der Waals surface area contributed by atoms with Crippen LogP contribution in [0.2, 0.25) is 0 Å². The zero-order valence-corrected chi connectivity index (χ0v) is 12.0. The Morgan fingerprint density at radius 1 is 1.00 bits per heavy atom. The van der Waals surface area contributed by atoms with Gasteiger partial charge in [0.1, 0.15) is 5.78 Å². The lowest BCUT2D eigenvalue weighted by Gasteiger charge is -2.45. The molecule has 0 aromatic heterocycles. The fourth-order valence-corrected chi connectivity index (χ4v) is 3.82. The van der Waals surface area contributed by atoms with Crippen molar-refractivity contribution in [2.24, 2.45) is 0 Å². The van der Waals surface area contributed by atoms with Gasteiger partial charge in [-0.1, -0.05) is 48.5 Å². The van der Waals surface area contributed by atoms with E-state index in [4.69, 9.17) is 0 Å². The third-order valence-corrected chi connectivity index (χ3v) is 4.88. The summed E-state index contributed by atoms with van der Waals surface area (Å²) in [5.41, 5.74) is 3.83. The van der Waals surface area contributed by atoms with Crippen molar-refractivity contribution in [3.05, 3.63) is 65.7 Å². The van der Waals surface area contributed by atoms with Gasteiger partial charge >= 0.3 is 0 Å². The first-order valence-electron chi connectivity index (χ1n) is 7.75. The summed E-state index contributed by atoms with van der Waals surface area (Å²) in [6, 6.07) is 19.6. The summed E-state index contributed by atoms with van der Waals surface area (Å²) in [5.74, 6) is 0.560. The lowest BCUT2D eigenvalue weighted by molar-refractivity contribution is -0.122. The number of para-hydroxylation sites is 1. The Morgan fingerprint density at radius 3 is 2.62 bits per heavy atom. The maximum Gasteiger partial charge on any atom is 0.140 e. The van der Waals surface area contributed by atoms with Crippen molar-refractivity contribution in [1.29, 1.82) is 0 Å². The van der Waals surface area contributed by atoms with Crippen LogP contribution < -0.4 is 4.90 Å². The summed E-state index contributed by atoms with van der Waals surface area (Å²) >= 11 is 0. The van der Waals surface area contributed by atoms with Gasteiger partial charge in [-0.2, -0.15) is 0 Å². The van der Waals surface area contributed by atoms with Gasteiger partial charge in [-0.25, -0.2) is 0 Å². The SMILES string of the molecule is O=C1CC[C@@H]2C[C@H]1c1ccccc1N2Cc1ccccc1. The largest absolute Gasteiger partial charge is 0.364 e. The van der Waals surface area contributed by atoms with E-state index in [0.29, 0.717) is 11.8 Å². The number of carbonyl (C=O) groups excluding carboxylic acids is 1. The van der Waals surface area contributed by atoms with Crippen molar-refractivity contribution < 1.29 is 4.79 Å². The summed E-state index contributed by atoms with van der Waals surface area (Å²) in [5, 5.41) is 0. The Bertz CT molecular complexity index is 664. The number of carbonyl (C=O) groups is 1. The summed E-state index contributed by atoms with van der Waals surface area (Å²) in [6.45, 7) is 0.934. The highest BCUT2D eigenvalue weighted by molar-refractivity contribution is 5.89. The van der Waals surface area contributed by atoms with Gasteiger partial charge in [-0.15, -0.1) is 0 Å². The quantitative estimate of drug-likeness (QED) is 0.829. The van der Waals surface area contributed by atoms with Crippen molar-refractivity contribution in [1.82, 2.24) is 0 Å². The van der Waals surface area contributed by atoms with E-state index in [9.17, 15) is 4.79 Å². The van der Waals surface area contributed by atoms with Crippen LogP contribution in [-0.2, 0) is 11.3 Å². The van der Waals surface area contributed by atoms with Crippen LogP contribution in [0.1, 0.15) is 36.3 Å². The van der Waals surface area contributed by atoms with Crippen LogP contribution in [-0.4, -0.2) is 11.8 Å². The zero-order chi connectivity index (χ0) is 14.2. The maximum atomic E-state index is 12.2. The topological polar surface area (TPSA) is 20.3 Å². The number of Topliss-reactive ketones (excluding diaryl/α,β-unsaturated/α-hetero) is 1. The number of rotatable bonds is 2. The molecule has 1 fully saturated rings. The highest BCUT2D eigenvalue weighted by Gasteiger charge is 2.39. The highest BCUT2D eigenvalue weighted by atomic mass is 16.1. The predicted molar refractivity (Wildman–Crippen MR) is 84.5 cm³/mol. The van der Waals surface area contributed by atoms with Gasteiger partial charge in [0, 0.05) is 30.6 Å². The van der Waals surface area contributed by atoms with Crippen molar-refractivity contribution in [3.8, 4) is 0 Å². The second-order valence-electron chi connectivity index (χ2n) is 6.12. The number of fused-ring (bicyclic) bond motifs is 4. The molecule has 0 radical (unpaired) electrons. The van der Waals surface area contributed by atoms with Crippen LogP contribution in [0, 0.1) is 0 Å². The number of benzene rings is 2. The van der Waals surface area contributed by atoms with Crippen molar-refractivity contribution in [2.45, 2.75) is 37.8 Å². The Hall–Kier alpha value is -2.09. The van der Waals surface area contributed by atoms with E-state index in [-0.39, 0.29) is 5.92 Å². The van der Waals surface area contributed by atoms with E-state index in [1.807, 2.05) is 0 Å². The van der Waals surface area contributed by atoms with E-state index in [1.54, 1.807) is 0 Å². The number of hydrogen-bond donors (Lipinski definition) is 0. The first-order chi connectivity index (χ1) is 10.3. The van der Waals surface area contributed by atoms with E-state index < -0.39 is 0 Å². The standard InChI is InChI=1S/C19H19NO/c21-19-11-10-15-12-17(19)16-8-4-5-9-18(16)20(15)13-14-6-2-1-3-7-14/h1-9,15,17H,10-13H2/t15-,17+/m1/s1. The molecule has 0 unspecified atom stereocenters. The zero-order valence-electron chi connectivity index (χ0n) is 12.0. The van der Waals surface area contributed by atoms with E-state index in [2.05, 4.69) is 59.5 Å². The molecule has 1 aliphatic heterocycles. The number of anilines is 1. The van der Waals surface area contributed by atoms with E-state index >= 15 is 0 Å². The van der Waals surface area contributed by atoms with Gasteiger partial charge in [0.25, 0.3) is 0 Å². The minimum atomic E-state index is 0.131. The first-order valence-corrected chi connectivity index (χ1v) is 7.75. The van der Waals surface area contributed by atoms with Gasteiger partial charge in [0.05, 0.1) is 0 Å². The molecule has 0 spiro atoms. The first kappa shape index (κ1) is 12.6. The summed E-state index contributed by atoms with van der Waals surface area (Å²) in [7, 11) is 0. The van der Waals surface area contributed by atoms with Crippen LogP contribution in [0.15, 0.2) is 54.6 Å². The minimum absolute atomic E-state index is 0.131. The third kappa shape index (κ3) is 2.15. The van der Waals surface area contributed by atoms with Crippen LogP contribution >= 0.6 is 0 Å². The summed E-state index contributed by atoms with van der Waals surface area (Å²) < 4.78 is 0. The lowest BCUT2D eigenvalue weighted by Crippen LogP contribution is -2.45. The number of nitrogens with zero attached hydrogens (tertiary/aromatic N) is 1. The molecule has 2 heteroatoms. The number of ketones is 1. The van der Waals surface area contributed by atoms with E-state index in [0.717, 1.165) is 25.8 Å². The van der Waals surface area contributed by atoms with Crippen LogP contribution in [0.4, 0.5) is 5.69 Å². The Morgan fingerprint density at radius 2 is 1.76 bits per heavy atom. The second kappa shape index (κ2) is 5.03. The van der Waals surface area contributed by atoms with Crippen LogP contribution in [0.25, 0.3) is 0 Å². The molecule has 0 amide bonds. The Labute approximate surface area is 125 Å². The predicted octanol–water partition coefficient (Wildman–Crippen LogP) is 3.91. The maximum absolute atomic E-state index is 12.2. The number of hydrogen-bond acceptors (Lipinski definition) is 2. The molecular weight excluding hydrogens is 258 g/mol. The molecule has 0 saturated heterocycles. The molecule has 2 aromatic rings. The molecule has 1 aliphatic carbocycles. The average molecular weight is 277 g/mol. The fourth-order valence-electron chi connectivity index (χ4n) is 3.82. The Balaban J connectivity index is 1.75. The van der Waals surface area contributed by atoms with Crippen LogP contribution in [0.5, 0.6) is 0 Å². The lowest BCUT2D eigenvalue weighted by atomic mass is 9.75. The molecule has 1 saturated carbocycles. The Kier molecular flexibility index (Phi) is 3.03. The normalized spacial score (nSPS) is 23.8. The molecule has 4 rings (SSSR count). The van der Waals surface area contributed by atoms with Crippen molar-refractivity contribution in [3.63, 3.8) is 0 Å². The smallest absolute Gasteiger partial charge is 0.140 e. The van der Waals surface area contributed by atoms with E-state index in [1.165, 1.54) is 16.8 Å². The highest BCUT2D eigenvalue weighted by Crippen LogP contribution is 2.44. The molecule has 21 heavy (non-hydrogen) atoms.